The Labute approximate surface area is 175 Å². The monoisotopic (exact) mass is 412 g/mol. The van der Waals surface area contributed by atoms with Gasteiger partial charge < -0.3 is 15.4 Å². The maximum atomic E-state index is 13.1. The molecule has 0 saturated carbocycles. The maximum absolute atomic E-state index is 13.1. The van der Waals surface area contributed by atoms with E-state index in [9.17, 15) is 14.4 Å². The van der Waals surface area contributed by atoms with Gasteiger partial charge in [0.25, 0.3) is 5.91 Å². The Hall–Kier alpha value is -2.29. The second kappa shape index (κ2) is 7.44. The molecule has 4 aliphatic heterocycles. The summed E-state index contributed by atoms with van der Waals surface area (Å²) in [6, 6.07) is 5.41. The first-order valence-corrected chi connectivity index (χ1v) is 10.8. The number of fused-ring (bicyclic) bond motifs is 1. The number of piperidine rings is 1. The zero-order valence-corrected chi connectivity index (χ0v) is 17.1. The van der Waals surface area contributed by atoms with Crippen LogP contribution in [0.5, 0.6) is 0 Å². The molecule has 3 N–H and O–H groups in total. The number of likely N-dealkylation sites (tertiary alicyclic amines) is 1. The van der Waals surface area contributed by atoms with Crippen molar-refractivity contribution < 1.29 is 19.1 Å². The molecule has 160 valence electrons. The number of rotatable bonds is 3. The molecular weight excluding hydrogens is 384 g/mol. The highest BCUT2D eigenvalue weighted by atomic mass is 16.5. The lowest BCUT2D eigenvalue weighted by Gasteiger charge is -2.41. The molecule has 0 aromatic heterocycles. The van der Waals surface area contributed by atoms with Gasteiger partial charge in [-0.3, -0.25) is 24.6 Å². The zero-order chi connectivity index (χ0) is 20.9. The fraction of sp³-hybridized carbons (Fsp3) is 0.591. The van der Waals surface area contributed by atoms with E-state index in [1.54, 1.807) is 4.90 Å². The van der Waals surface area contributed by atoms with Crippen molar-refractivity contribution in [2.75, 3.05) is 19.8 Å². The third kappa shape index (κ3) is 3.23. The lowest BCUT2D eigenvalue weighted by atomic mass is 9.86. The van der Waals surface area contributed by atoms with Crippen molar-refractivity contribution in [2.45, 2.75) is 62.8 Å². The summed E-state index contributed by atoms with van der Waals surface area (Å²) < 4.78 is 5.60. The van der Waals surface area contributed by atoms with Gasteiger partial charge in [0, 0.05) is 56.4 Å². The number of nitrogens with zero attached hydrogens (tertiary/aromatic N) is 2. The number of nitrogens with two attached hydrogens (primary N) is 1. The molecule has 1 aromatic carbocycles. The third-order valence-corrected chi connectivity index (χ3v) is 7.23. The van der Waals surface area contributed by atoms with Crippen LogP contribution < -0.4 is 11.1 Å². The maximum Gasteiger partial charge on any atom is 0.255 e. The Morgan fingerprint density at radius 1 is 1.20 bits per heavy atom. The molecule has 3 saturated heterocycles. The van der Waals surface area contributed by atoms with Crippen molar-refractivity contribution in [1.82, 2.24) is 15.1 Å². The zero-order valence-electron chi connectivity index (χ0n) is 17.1. The molecule has 1 spiro atoms. The van der Waals surface area contributed by atoms with Crippen LogP contribution in [-0.4, -0.2) is 64.9 Å². The standard InChI is InChI=1S/C22H28N4O4/c23-15-10-22(6-8-30-9-7-22)25(12-15)11-14-2-1-3-16-17(14)13-26(21(16)29)18-4-5-19(27)24-20(18)28/h1-3,15,18H,4-13,23H2,(H,24,27,28). The average Bonchev–Trinajstić information content (AvgIpc) is 3.20. The van der Waals surface area contributed by atoms with Crippen LogP contribution in [0.3, 0.4) is 0 Å². The minimum atomic E-state index is -0.586. The lowest BCUT2D eigenvalue weighted by Crippen LogP contribution is -2.52. The highest BCUT2D eigenvalue weighted by Crippen LogP contribution is 2.39. The highest BCUT2D eigenvalue weighted by molar-refractivity contribution is 6.05. The van der Waals surface area contributed by atoms with Crippen molar-refractivity contribution in [2.24, 2.45) is 5.73 Å². The van der Waals surface area contributed by atoms with Gasteiger partial charge in [0.2, 0.25) is 11.8 Å². The van der Waals surface area contributed by atoms with Gasteiger partial charge in [-0.15, -0.1) is 0 Å². The number of imide groups is 1. The molecule has 0 bridgehead atoms. The van der Waals surface area contributed by atoms with Crippen LogP contribution in [0.1, 0.15) is 53.6 Å². The normalized spacial score (nSPS) is 28.8. The van der Waals surface area contributed by atoms with Gasteiger partial charge in [0.05, 0.1) is 0 Å². The Kier molecular flexibility index (Phi) is 4.88. The fourth-order valence-electron chi connectivity index (χ4n) is 5.67. The van der Waals surface area contributed by atoms with E-state index in [0.717, 1.165) is 56.7 Å². The quantitative estimate of drug-likeness (QED) is 0.702. The van der Waals surface area contributed by atoms with E-state index in [4.69, 9.17) is 10.5 Å². The number of nitrogens with one attached hydrogen (secondary N) is 1. The molecule has 8 heteroatoms. The minimum absolute atomic E-state index is 0.0757. The van der Waals surface area contributed by atoms with Crippen molar-refractivity contribution >= 4 is 17.7 Å². The van der Waals surface area contributed by atoms with Gasteiger partial charge in [-0.2, -0.15) is 0 Å². The third-order valence-electron chi connectivity index (χ3n) is 7.23. The molecule has 4 aliphatic rings. The van der Waals surface area contributed by atoms with Gasteiger partial charge in [-0.05, 0) is 42.9 Å². The SMILES string of the molecule is NC1CN(Cc2cccc3c2CN(C2CCC(=O)NC2=O)C3=O)C2(CCOCC2)C1. The number of ether oxygens (including phenoxy) is 1. The smallest absolute Gasteiger partial charge is 0.255 e. The predicted molar refractivity (Wildman–Crippen MR) is 108 cm³/mol. The summed E-state index contributed by atoms with van der Waals surface area (Å²) in [7, 11) is 0. The van der Waals surface area contributed by atoms with Gasteiger partial charge in [-0.1, -0.05) is 12.1 Å². The van der Waals surface area contributed by atoms with Gasteiger partial charge >= 0.3 is 0 Å². The van der Waals surface area contributed by atoms with Crippen LogP contribution in [0, 0.1) is 0 Å². The van der Waals surface area contributed by atoms with Crippen molar-refractivity contribution in [1.29, 1.82) is 0 Å². The van der Waals surface area contributed by atoms with Crippen LogP contribution in [0.2, 0.25) is 0 Å². The predicted octanol–water partition coefficient (Wildman–Crippen LogP) is 0.530. The first-order chi connectivity index (χ1) is 14.5. The van der Waals surface area contributed by atoms with E-state index in [1.807, 2.05) is 12.1 Å². The molecule has 2 unspecified atom stereocenters. The summed E-state index contributed by atoms with van der Waals surface area (Å²) in [6.07, 6.45) is 3.59. The van der Waals surface area contributed by atoms with E-state index in [1.165, 1.54) is 0 Å². The number of carbonyl (C=O) groups excluding carboxylic acids is 3. The van der Waals surface area contributed by atoms with E-state index in [-0.39, 0.29) is 35.7 Å². The van der Waals surface area contributed by atoms with Crippen LogP contribution in [0.25, 0.3) is 0 Å². The van der Waals surface area contributed by atoms with Gasteiger partial charge in [0.1, 0.15) is 6.04 Å². The van der Waals surface area contributed by atoms with E-state index in [2.05, 4.69) is 16.3 Å². The largest absolute Gasteiger partial charge is 0.381 e. The van der Waals surface area contributed by atoms with Crippen LogP contribution in [-0.2, 0) is 27.4 Å². The van der Waals surface area contributed by atoms with Crippen LogP contribution in [0.15, 0.2) is 18.2 Å². The molecule has 0 aliphatic carbocycles. The first-order valence-electron chi connectivity index (χ1n) is 10.8. The average molecular weight is 412 g/mol. The minimum Gasteiger partial charge on any atom is -0.381 e. The lowest BCUT2D eigenvalue weighted by molar-refractivity contribution is -0.136. The highest BCUT2D eigenvalue weighted by Gasteiger charge is 2.46. The molecule has 5 rings (SSSR count). The van der Waals surface area contributed by atoms with Crippen molar-refractivity contribution in [3.63, 3.8) is 0 Å². The van der Waals surface area contributed by atoms with Crippen LogP contribution >= 0.6 is 0 Å². The Morgan fingerprint density at radius 3 is 2.77 bits per heavy atom. The summed E-state index contributed by atoms with van der Waals surface area (Å²) in [6.45, 7) is 3.52. The van der Waals surface area contributed by atoms with E-state index < -0.39 is 6.04 Å². The molecule has 0 radical (unpaired) electrons. The Morgan fingerprint density at radius 2 is 2.00 bits per heavy atom. The molecule has 8 nitrogen and oxygen atoms in total. The van der Waals surface area contributed by atoms with Crippen molar-refractivity contribution in [3.05, 3.63) is 34.9 Å². The van der Waals surface area contributed by atoms with Gasteiger partial charge in [0.15, 0.2) is 0 Å². The summed E-state index contributed by atoms with van der Waals surface area (Å²) in [5.41, 5.74) is 9.21. The topological polar surface area (TPSA) is 105 Å². The summed E-state index contributed by atoms with van der Waals surface area (Å²) in [4.78, 5) is 41.0. The molecule has 30 heavy (non-hydrogen) atoms. The van der Waals surface area contributed by atoms with Gasteiger partial charge in [-0.25, -0.2) is 0 Å². The number of carbonyl (C=O) groups is 3. The summed E-state index contributed by atoms with van der Waals surface area (Å²) in [5, 5.41) is 2.36. The number of benzene rings is 1. The molecule has 1 aromatic rings. The molecular formula is C22H28N4O4. The number of amides is 3. The fourth-order valence-corrected chi connectivity index (χ4v) is 5.67. The van der Waals surface area contributed by atoms with Crippen molar-refractivity contribution in [3.8, 4) is 0 Å². The molecule has 2 atom stereocenters. The summed E-state index contributed by atoms with van der Waals surface area (Å²) in [5.74, 6) is -0.769. The molecule has 4 heterocycles. The second-order valence-corrected chi connectivity index (χ2v) is 9.02. The summed E-state index contributed by atoms with van der Waals surface area (Å²) >= 11 is 0. The van der Waals surface area contributed by atoms with E-state index >= 15 is 0 Å². The Balaban J connectivity index is 1.39. The first kappa shape index (κ1) is 19.7. The van der Waals surface area contributed by atoms with E-state index in [0.29, 0.717) is 18.5 Å². The number of hydrogen-bond acceptors (Lipinski definition) is 6. The second-order valence-electron chi connectivity index (χ2n) is 9.02. The molecule has 3 amide bonds. The number of hydrogen-bond donors (Lipinski definition) is 2. The van der Waals surface area contributed by atoms with Crippen LogP contribution in [0.4, 0.5) is 0 Å². The Bertz CT molecular complexity index is 895. The molecule has 3 fully saturated rings.